The molecule has 1 aromatic carbocycles. The highest BCUT2D eigenvalue weighted by Gasteiger charge is 2.24. The fourth-order valence-corrected chi connectivity index (χ4v) is 4.98. The molecule has 0 N–H and O–H groups in total. The van der Waals surface area contributed by atoms with Crippen LogP contribution in [-0.2, 0) is 6.54 Å². The molecule has 1 saturated heterocycles. The van der Waals surface area contributed by atoms with Crippen LogP contribution in [-0.4, -0.2) is 35.1 Å². The van der Waals surface area contributed by atoms with E-state index in [9.17, 15) is 0 Å². The molecule has 0 saturated carbocycles. The fourth-order valence-electron chi connectivity index (χ4n) is 4.98. The van der Waals surface area contributed by atoms with Crippen molar-refractivity contribution in [3.63, 3.8) is 0 Å². The van der Waals surface area contributed by atoms with Gasteiger partial charge in [-0.3, -0.25) is 9.88 Å². The van der Waals surface area contributed by atoms with Gasteiger partial charge in [0.1, 0.15) is 0 Å². The van der Waals surface area contributed by atoms with Crippen LogP contribution in [0.4, 0.5) is 0 Å². The molecule has 3 heterocycles. The highest BCUT2D eigenvalue weighted by molar-refractivity contribution is 5.83. The first-order valence-electron chi connectivity index (χ1n) is 11.1. The Balaban J connectivity index is 1.31. The number of aromatic nitrogens is 2. The van der Waals surface area contributed by atoms with Gasteiger partial charge in [-0.05, 0) is 79.9 Å². The Morgan fingerprint density at radius 3 is 2.77 bits per heavy atom. The molecule has 1 aliphatic heterocycles. The second-order valence-electron chi connectivity index (χ2n) is 8.46. The normalized spacial score (nSPS) is 18.0. The highest BCUT2D eigenvalue weighted by Crippen LogP contribution is 2.34. The summed E-state index contributed by atoms with van der Waals surface area (Å²) in [5.74, 6) is 1.24. The fraction of sp³-hybridized carbons (Fsp3) is 0.385. The zero-order valence-corrected chi connectivity index (χ0v) is 17.7. The van der Waals surface area contributed by atoms with Gasteiger partial charge in [0.25, 0.3) is 0 Å². The SMILES string of the molecule is COc1ccc2cccc(C3CCN(Cc4cccnc4C4=CCCC4)CC3)c2n1. The Morgan fingerprint density at radius 2 is 1.97 bits per heavy atom. The van der Waals surface area contributed by atoms with Gasteiger partial charge in [0, 0.05) is 24.2 Å². The van der Waals surface area contributed by atoms with E-state index in [1.54, 1.807) is 7.11 Å². The maximum absolute atomic E-state index is 5.37. The smallest absolute Gasteiger partial charge is 0.213 e. The number of allylic oxidation sites excluding steroid dienone is 2. The Morgan fingerprint density at radius 1 is 1.07 bits per heavy atom. The molecule has 1 aliphatic carbocycles. The number of ether oxygens (including phenoxy) is 1. The number of pyridine rings is 2. The molecule has 0 spiro atoms. The largest absolute Gasteiger partial charge is 0.481 e. The molecule has 4 heteroatoms. The summed E-state index contributed by atoms with van der Waals surface area (Å²) in [7, 11) is 1.68. The summed E-state index contributed by atoms with van der Waals surface area (Å²) in [6, 6.07) is 14.9. The first-order valence-corrected chi connectivity index (χ1v) is 11.1. The number of rotatable bonds is 5. The molecule has 0 atom stereocenters. The third kappa shape index (κ3) is 3.84. The molecule has 1 fully saturated rings. The molecule has 2 aliphatic rings. The van der Waals surface area contributed by atoms with E-state index in [1.165, 1.54) is 47.0 Å². The first-order chi connectivity index (χ1) is 14.8. The van der Waals surface area contributed by atoms with E-state index in [0.717, 1.165) is 38.0 Å². The van der Waals surface area contributed by atoms with Gasteiger partial charge < -0.3 is 4.74 Å². The highest BCUT2D eigenvalue weighted by atomic mass is 16.5. The molecule has 0 bridgehead atoms. The molecule has 0 amide bonds. The standard InChI is InChI=1S/C26H29N3O/c1-30-24-12-11-21-8-4-10-23(26(21)28-24)19-13-16-29(17-14-19)18-22-9-5-15-27-25(22)20-6-2-3-7-20/h4-6,8-12,15,19H,2-3,7,13-14,16-18H2,1H3. The van der Waals surface area contributed by atoms with Gasteiger partial charge in [0.2, 0.25) is 5.88 Å². The predicted octanol–water partition coefficient (Wildman–Crippen LogP) is 5.59. The van der Waals surface area contributed by atoms with Crippen molar-refractivity contribution in [2.75, 3.05) is 20.2 Å². The van der Waals surface area contributed by atoms with Crippen molar-refractivity contribution < 1.29 is 4.74 Å². The summed E-state index contributed by atoms with van der Waals surface area (Å²) >= 11 is 0. The minimum Gasteiger partial charge on any atom is -0.481 e. The van der Waals surface area contributed by atoms with Crippen molar-refractivity contribution in [2.45, 2.75) is 44.6 Å². The van der Waals surface area contributed by atoms with Crippen LogP contribution in [0, 0.1) is 0 Å². The number of likely N-dealkylation sites (tertiary alicyclic amines) is 1. The zero-order chi connectivity index (χ0) is 20.3. The Kier molecular flexibility index (Phi) is 5.50. The van der Waals surface area contributed by atoms with Crippen LogP contribution in [0.15, 0.2) is 54.7 Å². The third-order valence-corrected chi connectivity index (χ3v) is 6.59. The van der Waals surface area contributed by atoms with Crippen molar-refractivity contribution in [3.8, 4) is 5.88 Å². The van der Waals surface area contributed by atoms with Gasteiger partial charge in [-0.2, -0.15) is 0 Å². The van der Waals surface area contributed by atoms with Crippen molar-refractivity contribution in [1.82, 2.24) is 14.9 Å². The van der Waals surface area contributed by atoms with Gasteiger partial charge >= 0.3 is 0 Å². The zero-order valence-electron chi connectivity index (χ0n) is 17.7. The molecular formula is C26H29N3O. The second kappa shape index (κ2) is 8.57. The number of hydrogen-bond acceptors (Lipinski definition) is 4. The van der Waals surface area contributed by atoms with Crippen LogP contribution in [0.5, 0.6) is 5.88 Å². The molecule has 0 radical (unpaired) electrons. The van der Waals surface area contributed by atoms with E-state index in [4.69, 9.17) is 14.7 Å². The molecular weight excluding hydrogens is 370 g/mol. The Hall–Kier alpha value is -2.72. The number of piperidine rings is 1. The number of methoxy groups -OCH3 is 1. The molecule has 3 aromatic rings. The van der Waals surface area contributed by atoms with Crippen LogP contribution in [0.1, 0.15) is 54.8 Å². The second-order valence-corrected chi connectivity index (χ2v) is 8.46. The van der Waals surface area contributed by atoms with E-state index in [0.29, 0.717) is 11.8 Å². The topological polar surface area (TPSA) is 38.2 Å². The van der Waals surface area contributed by atoms with Gasteiger partial charge in [0.05, 0.1) is 18.3 Å². The summed E-state index contributed by atoms with van der Waals surface area (Å²) in [6.45, 7) is 3.21. The number of fused-ring (bicyclic) bond motifs is 1. The van der Waals surface area contributed by atoms with Crippen LogP contribution in [0.2, 0.25) is 0 Å². The summed E-state index contributed by atoms with van der Waals surface area (Å²) in [6.07, 6.45) is 10.3. The maximum atomic E-state index is 5.37. The first kappa shape index (κ1) is 19.3. The predicted molar refractivity (Wildman–Crippen MR) is 122 cm³/mol. The molecule has 4 nitrogen and oxygen atoms in total. The monoisotopic (exact) mass is 399 g/mol. The van der Waals surface area contributed by atoms with Gasteiger partial charge in [-0.1, -0.05) is 30.3 Å². The molecule has 30 heavy (non-hydrogen) atoms. The quantitative estimate of drug-likeness (QED) is 0.561. The Labute approximate surface area is 178 Å². The van der Waals surface area contributed by atoms with Crippen LogP contribution in [0.3, 0.4) is 0 Å². The lowest BCUT2D eigenvalue weighted by Crippen LogP contribution is -2.32. The van der Waals surface area contributed by atoms with E-state index in [1.807, 2.05) is 12.3 Å². The lowest BCUT2D eigenvalue weighted by atomic mass is 9.87. The van der Waals surface area contributed by atoms with Gasteiger partial charge in [-0.25, -0.2) is 4.98 Å². The van der Waals surface area contributed by atoms with E-state index in [-0.39, 0.29) is 0 Å². The lowest BCUT2D eigenvalue weighted by molar-refractivity contribution is 0.204. The molecule has 0 unspecified atom stereocenters. The summed E-state index contributed by atoms with van der Waals surface area (Å²) in [5.41, 5.74) is 6.50. The Bertz CT molecular complexity index is 1070. The van der Waals surface area contributed by atoms with Crippen LogP contribution in [0.25, 0.3) is 16.5 Å². The van der Waals surface area contributed by atoms with Crippen LogP contribution >= 0.6 is 0 Å². The number of nitrogens with zero attached hydrogens (tertiary/aromatic N) is 3. The summed E-state index contributed by atoms with van der Waals surface area (Å²) in [5, 5.41) is 1.19. The summed E-state index contributed by atoms with van der Waals surface area (Å²) < 4.78 is 5.37. The molecule has 154 valence electrons. The van der Waals surface area contributed by atoms with Crippen molar-refractivity contribution in [1.29, 1.82) is 0 Å². The third-order valence-electron chi connectivity index (χ3n) is 6.59. The van der Waals surface area contributed by atoms with E-state index in [2.05, 4.69) is 47.4 Å². The molecule has 5 rings (SSSR count). The minimum atomic E-state index is 0.551. The van der Waals surface area contributed by atoms with Crippen molar-refractivity contribution in [3.05, 3.63) is 71.6 Å². The average molecular weight is 400 g/mol. The lowest BCUT2D eigenvalue weighted by Gasteiger charge is -2.33. The van der Waals surface area contributed by atoms with Crippen LogP contribution < -0.4 is 4.74 Å². The van der Waals surface area contributed by atoms with Gasteiger partial charge in [0.15, 0.2) is 0 Å². The summed E-state index contributed by atoms with van der Waals surface area (Å²) in [4.78, 5) is 12.1. The van der Waals surface area contributed by atoms with Gasteiger partial charge in [-0.15, -0.1) is 0 Å². The number of para-hydroxylation sites is 1. The van der Waals surface area contributed by atoms with Crippen molar-refractivity contribution >= 4 is 16.5 Å². The number of benzene rings is 1. The average Bonchev–Trinajstić information content (AvgIpc) is 3.34. The van der Waals surface area contributed by atoms with E-state index < -0.39 is 0 Å². The maximum Gasteiger partial charge on any atom is 0.213 e. The van der Waals surface area contributed by atoms with E-state index >= 15 is 0 Å². The number of hydrogen-bond donors (Lipinski definition) is 0. The molecule has 2 aromatic heterocycles. The van der Waals surface area contributed by atoms with Crippen molar-refractivity contribution in [2.24, 2.45) is 0 Å². The minimum absolute atomic E-state index is 0.551.